The van der Waals surface area contributed by atoms with Gasteiger partial charge in [0.1, 0.15) is 6.33 Å². The van der Waals surface area contributed by atoms with Crippen molar-refractivity contribution in [3.63, 3.8) is 0 Å². The average Bonchev–Trinajstić information content (AvgIpc) is 2.48. The highest BCUT2D eigenvalue weighted by molar-refractivity contribution is 5.73. The summed E-state index contributed by atoms with van der Waals surface area (Å²) in [6, 6.07) is 3.48. The van der Waals surface area contributed by atoms with Crippen LogP contribution in [0.3, 0.4) is 0 Å². The van der Waals surface area contributed by atoms with Crippen LogP contribution < -0.4 is 10.6 Å². The van der Waals surface area contributed by atoms with E-state index in [1.165, 1.54) is 6.33 Å². The third-order valence-electron chi connectivity index (χ3n) is 2.94. The van der Waals surface area contributed by atoms with Crippen LogP contribution in [0.15, 0.2) is 30.9 Å². The van der Waals surface area contributed by atoms with Crippen molar-refractivity contribution in [3.05, 3.63) is 41.0 Å². The van der Waals surface area contributed by atoms with Crippen LogP contribution in [0.1, 0.15) is 20.3 Å². The number of aromatic nitrogens is 3. The van der Waals surface area contributed by atoms with Crippen LogP contribution in [-0.2, 0) is 0 Å². The summed E-state index contributed by atoms with van der Waals surface area (Å²) < 4.78 is 0. The monoisotopic (exact) mass is 288 g/mol. The standard InChI is InChI=1S/C13H16N6O2/c1-3-9(2)17-12-11(19(20)21)13(16-8-15-12)18-10-4-6-14-7-5-10/h4-9H,3H2,1-2H3,(H2,14,15,16,17,18). The number of pyridine rings is 1. The van der Waals surface area contributed by atoms with Gasteiger partial charge in [-0.05, 0) is 25.5 Å². The van der Waals surface area contributed by atoms with Crippen molar-refractivity contribution in [2.45, 2.75) is 26.3 Å². The van der Waals surface area contributed by atoms with Gasteiger partial charge in [0.05, 0.1) is 4.92 Å². The third kappa shape index (κ3) is 3.62. The lowest BCUT2D eigenvalue weighted by Gasteiger charge is -2.13. The summed E-state index contributed by atoms with van der Waals surface area (Å²) >= 11 is 0. The maximum Gasteiger partial charge on any atom is 0.353 e. The van der Waals surface area contributed by atoms with Crippen molar-refractivity contribution in [1.82, 2.24) is 15.0 Å². The fourth-order valence-electron chi connectivity index (χ4n) is 1.66. The van der Waals surface area contributed by atoms with Gasteiger partial charge < -0.3 is 10.6 Å². The summed E-state index contributed by atoms with van der Waals surface area (Å²) in [5.74, 6) is 0.355. The molecule has 0 spiro atoms. The molecule has 2 aromatic heterocycles. The molecule has 2 rings (SSSR count). The predicted octanol–water partition coefficient (Wildman–Crippen LogP) is 2.73. The molecule has 1 unspecified atom stereocenters. The molecular weight excluding hydrogens is 272 g/mol. The van der Waals surface area contributed by atoms with Gasteiger partial charge in [-0.2, -0.15) is 0 Å². The van der Waals surface area contributed by atoms with E-state index < -0.39 is 4.92 Å². The van der Waals surface area contributed by atoms with E-state index in [-0.39, 0.29) is 23.4 Å². The molecule has 8 nitrogen and oxygen atoms in total. The van der Waals surface area contributed by atoms with Crippen LogP contribution >= 0.6 is 0 Å². The molecule has 0 aliphatic rings. The lowest BCUT2D eigenvalue weighted by Crippen LogP contribution is -2.16. The molecule has 1 atom stereocenters. The second kappa shape index (κ2) is 6.60. The van der Waals surface area contributed by atoms with Gasteiger partial charge in [0.2, 0.25) is 11.6 Å². The smallest absolute Gasteiger partial charge is 0.353 e. The number of nitrogens with zero attached hydrogens (tertiary/aromatic N) is 4. The van der Waals surface area contributed by atoms with Gasteiger partial charge in [-0.1, -0.05) is 6.92 Å². The zero-order valence-electron chi connectivity index (χ0n) is 11.8. The van der Waals surface area contributed by atoms with Crippen molar-refractivity contribution in [3.8, 4) is 0 Å². The molecular formula is C13H16N6O2. The van der Waals surface area contributed by atoms with Crippen molar-refractivity contribution in [2.75, 3.05) is 10.6 Å². The molecule has 21 heavy (non-hydrogen) atoms. The second-order valence-corrected chi connectivity index (χ2v) is 4.49. The molecule has 0 amide bonds. The van der Waals surface area contributed by atoms with Crippen LogP contribution in [0.25, 0.3) is 0 Å². The van der Waals surface area contributed by atoms with E-state index in [1.54, 1.807) is 24.5 Å². The molecule has 0 radical (unpaired) electrons. The van der Waals surface area contributed by atoms with Crippen molar-refractivity contribution in [1.29, 1.82) is 0 Å². The minimum atomic E-state index is -0.492. The van der Waals surface area contributed by atoms with E-state index in [0.717, 1.165) is 6.42 Å². The number of hydrogen-bond donors (Lipinski definition) is 2. The van der Waals surface area contributed by atoms with Gasteiger partial charge in [-0.3, -0.25) is 15.1 Å². The van der Waals surface area contributed by atoms with Crippen LogP contribution in [0, 0.1) is 10.1 Å². The Morgan fingerprint density at radius 3 is 2.57 bits per heavy atom. The highest BCUT2D eigenvalue weighted by Crippen LogP contribution is 2.31. The van der Waals surface area contributed by atoms with Gasteiger partial charge in [0, 0.05) is 24.1 Å². The summed E-state index contributed by atoms with van der Waals surface area (Å²) in [5, 5.41) is 17.3. The second-order valence-electron chi connectivity index (χ2n) is 4.49. The van der Waals surface area contributed by atoms with E-state index >= 15 is 0 Å². The van der Waals surface area contributed by atoms with Gasteiger partial charge in [0.15, 0.2) is 0 Å². The lowest BCUT2D eigenvalue weighted by molar-refractivity contribution is -0.383. The molecule has 0 fully saturated rings. The van der Waals surface area contributed by atoms with Gasteiger partial charge in [-0.25, -0.2) is 9.97 Å². The van der Waals surface area contributed by atoms with Crippen molar-refractivity contribution >= 4 is 23.0 Å². The Bertz CT molecular complexity index is 619. The quantitative estimate of drug-likeness (QED) is 0.621. The first-order valence-electron chi connectivity index (χ1n) is 6.54. The molecule has 0 aliphatic carbocycles. The van der Waals surface area contributed by atoms with E-state index in [2.05, 4.69) is 25.6 Å². The molecule has 0 saturated carbocycles. The van der Waals surface area contributed by atoms with Gasteiger partial charge >= 0.3 is 5.69 Å². The first kappa shape index (κ1) is 14.6. The Balaban J connectivity index is 2.36. The Morgan fingerprint density at radius 1 is 1.29 bits per heavy atom. The fraction of sp³-hybridized carbons (Fsp3) is 0.308. The first-order chi connectivity index (χ1) is 10.1. The number of nitrogens with one attached hydrogen (secondary N) is 2. The SMILES string of the molecule is CCC(C)Nc1ncnc(Nc2ccncc2)c1[N+](=O)[O-]. The Labute approximate surface area is 121 Å². The molecule has 0 bridgehead atoms. The Morgan fingerprint density at radius 2 is 1.95 bits per heavy atom. The van der Waals surface area contributed by atoms with Crippen molar-refractivity contribution in [2.24, 2.45) is 0 Å². The number of hydrogen-bond acceptors (Lipinski definition) is 7. The van der Waals surface area contributed by atoms with Gasteiger partial charge in [-0.15, -0.1) is 0 Å². The van der Waals surface area contributed by atoms with E-state index in [0.29, 0.717) is 5.69 Å². The van der Waals surface area contributed by atoms with Crippen LogP contribution in [0.5, 0.6) is 0 Å². The predicted molar refractivity (Wildman–Crippen MR) is 79.6 cm³/mol. The summed E-state index contributed by atoms with van der Waals surface area (Å²) in [6.07, 6.45) is 5.30. The molecule has 0 saturated heterocycles. The zero-order valence-corrected chi connectivity index (χ0v) is 11.8. The summed E-state index contributed by atoms with van der Waals surface area (Å²) in [4.78, 5) is 22.7. The Kier molecular flexibility index (Phi) is 4.60. The van der Waals surface area contributed by atoms with Gasteiger partial charge in [0.25, 0.3) is 0 Å². The minimum Gasteiger partial charge on any atom is -0.362 e. The summed E-state index contributed by atoms with van der Waals surface area (Å²) in [7, 11) is 0. The highest BCUT2D eigenvalue weighted by atomic mass is 16.6. The molecule has 2 aromatic rings. The fourth-order valence-corrected chi connectivity index (χ4v) is 1.66. The van der Waals surface area contributed by atoms with Crippen LogP contribution in [-0.4, -0.2) is 25.9 Å². The lowest BCUT2D eigenvalue weighted by atomic mass is 10.2. The first-order valence-corrected chi connectivity index (χ1v) is 6.54. The van der Waals surface area contributed by atoms with E-state index in [4.69, 9.17) is 0 Å². The summed E-state index contributed by atoms with van der Waals surface area (Å²) in [5.41, 5.74) is 0.496. The Hall–Kier alpha value is -2.77. The molecule has 110 valence electrons. The van der Waals surface area contributed by atoms with Crippen LogP contribution in [0.4, 0.5) is 23.0 Å². The topological polar surface area (TPSA) is 106 Å². The molecule has 0 aromatic carbocycles. The number of anilines is 3. The third-order valence-corrected chi connectivity index (χ3v) is 2.94. The van der Waals surface area contributed by atoms with E-state index in [9.17, 15) is 10.1 Å². The molecule has 2 heterocycles. The highest BCUT2D eigenvalue weighted by Gasteiger charge is 2.23. The number of nitro groups is 1. The average molecular weight is 288 g/mol. The maximum absolute atomic E-state index is 11.3. The largest absolute Gasteiger partial charge is 0.362 e. The maximum atomic E-state index is 11.3. The molecule has 8 heteroatoms. The number of rotatable bonds is 6. The van der Waals surface area contributed by atoms with E-state index in [1.807, 2.05) is 13.8 Å². The zero-order chi connectivity index (χ0) is 15.2. The minimum absolute atomic E-state index is 0.0763. The summed E-state index contributed by atoms with van der Waals surface area (Å²) in [6.45, 7) is 3.92. The molecule has 2 N–H and O–H groups in total. The normalized spacial score (nSPS) is 11.7. The van der Waals surface area contributed by atoms with Crippen molar-refractivity contribution < 1.29 is 4.92 Å². The molecule has 0 aliphatic heterocycles. The van der Waals surface area contributed by atoms with Crippen LogP contribution in [0.2, 0.25) is 0 Å².